The summed E-state index contributed by atoms with van der Waals surface area (Å²) in [5.41, 5.74) is 2.52. The van der Waals surface area contributed by atoms with Gasteiger partial charge in [0.15, 0.2) is 5.78 Å². The number of carbonyl (C=O) groups is 1. The van der Waals surface area contributed by atoms with Crippen molar-refractivity contribution < 1.29 is 9.18 Å². The van der Waals surface area contributed by atoms with E-state index in [2.05, 4.69) is 5.10 Å². The molecule has 0 aliphatic heterocycles. The Morgan fingerprint density at radius 1 is 1.29 bits per heavy atom. The maximum absolute atomic E-state index is 13.0. The standard InChI is InChI=1S/C13H13FN2O/c1-8-6-10(14)4-5-11(8)13(17)12-7-15-16(3)9(12)2/h4-7H,1-3H3. The number of nitrogens with zero attached hydrogens (tertiary/aromatic N) is 2. The van der Waals surface area contributed by atoms with Crippen LogP contribution in [0.25, 0.3) is 0 Å². The maximum atomic E-state index is 13.0. The first-order valence-corrected chi connectivity index (χ1v) is 5.30. The molecule has 0 unspecified atom stereocenters. The van der Waals surface area contributed by atoms with Crippen LogP contribution in [0.1, 0.15) is 27.2 Å². The summed E-state index contributed by atoms with van der Waals surface area (Å²) in [6.45, 7) is 3.56. The molecule has 88 valence electrons. The second-order valence-corrected chi connectivity index (χ2v) is 4.06. The molecule has 0 spiro atoms. The van der Waals surface area contributed by atoms with Gasteiger partial charge in [0, 0.05) is 18.3 Å². The second kappa shape index (κ2) is 4.13. The predicted molar refractivity (Wildman–Crippen MR) is 62.5 cm³/mol. The summed E-state index contributed by atoms with van der Waals surface area (Å²) in [5.74, 6) is -0.449. The fourth-order valence-electron chi connectivity index (χ4n) is 1.75. The lowest BCUT2D eigenvalue weighted by Gasteiger charge is -2.04. The van der Waals surface area contributed by atoms with E-state index in [0.717, 1.165) is 5.69 Å². The Morgan fingerprint density at radius 3 is 2.53 bits per heavy atom. The van der Waals surface area contributed by atoms with Gasteiger partial charge in [-0.3, -0.25) is 9.48 Å². The van der Waals surface area contributed by atoms with E-state index in [4.69, 9.17) is 0 Å². The van der Waals surface area contributed by atoms with E-state index in [1.165, 1.54) is 18.2 Å². The van der Waals surface area contributed by atoms with E-state index < -0.39 is 0 Å². The minimum atomic E-state index is -0.332. The van der Waals surface area contributed by atoms with E-state index in [1.54, 1.807) is 24.9 Å². The van der Waals surface area contributed by atoms with Crippen LogP contribution < -0.4 is 0 Å². The summed E-state index contributed by atoms with van der Waals surface area (Å²) in [7, 11) is 1.78. The molecule has 1 aromatic carbocycles. The number of halogens is 1. The molecule has 0 aliphatic carbocycles. The monoisotopic (exact) mass is 232 g/mol. The van der Waals surface area contributed by atoms with Crippen molar-refractivity contribution in [3.05, 3.63) is 52.6 Å². The molecule has 0 aliphatic rings. The lowest BCUT2D eigenvalue weighted by atomic mass is 10.00. The highest BCUT2D eigenvalue weighted by Gasteiger charge is 2.16. The summed E-state index contributed by atoms with van der Waals surface area (Å²) in [6.07, 6.45) is 1.54. The topological polar surface area (TPSA) is 34.9 Å². The molecule has 0 radical (unpaired) electrons. The van der Waals surface area contributed by atoms with Crippen LogP contribution in [0.5, 0.6) is 0 Å². The van der Waals surface area contributed by atoms with Crippen LogP contribution >= 0.6 is 0 Å². The SMILES string of the molecule is Cc1cc(F)ccc1C(=O)c1cnn(C)c1C. The molecular weight excluding hydrogens is 219 g/mol. The Kier molecular flexibility index (Phi) is 2.79. The summed E-state index contributed by atoms with van der Waals surface area (Å²) >= 11 is 0. The van der Waals surface area contributed by atoms with Gasteiger partial charge in [-0.1, -0.05) is 0 Å². The highest BCUT2D eigenvalue weighted by atomic mass is 19.1. The van der Waals surface area contributed by atoms with Crippen LogP contribution in [-0.2, 0) is 7.05 Å². The zero-order chi connectivity index (χ0) is 12.6. The van der Waals surface area contributed by atoms with Crippen molar-refractivity contribution in [2.45, 2.75) is 13.8 Å². The van der Waals surface area contributed by atoms with E-state index in [9.17, 15) is 9.18 Å². The highest BCUT2D eigenvalue weighted by molar-refractivity contribution is 6.10. The molecule has 0 fully saturated rings. The number of aryl methyl sites for hydroxylation is 2. The van der Waals surface area contributed by atoms with Gasteiger partial charge in [0.2, 0.25) is 0 Å². The molecule has 0 atom stereocenters. The third-order valence-electron chi connectivity index (χ3n) is 2.91. The largest absolute Gasteiger partial charge is 0.288 e. The van der Waals surface area contributed by atoms with E-state index in [1.807, 2.05) is 6.92 Å². The van der Waals surface area contributed by atoms with Gasteiger partial charge >= 0.3 is 0 Å². The molecule has 0 saturated heterocycles. The van der Waals surface area contributed by atoms with Crippen molar-refractivity contribution in [3.8, 4) is 0 Å². The van der Waals surface area contributed by atoms with E-state index >= 15 is 0 Å². The third-order valence-corrected chi connectivity index (χ3v) is 2.91. The Labute approximate surface area is 98.9 Å². The minimum Gasteiger partial charge on any atom is -0.288 e. The molecule has 2 rings (SSSR count). The summed E-state index contributed by atoms with van der Waals surface area (Å²) in [4.78, 5) is 12.2. The first-order valence-electron chi connectivity index (χ1n) is 5.30. The molecule has 17 heavy (non-hydrogen) atoms. The van der Waals surface area contributed by atoms with Crippen molar-refractivity contribution >= 4 is 5.78 Å². The zero-order valence-electron chi connectivity index (χ0n) is 9.99. The van der Waals surface area contributed by atoms with Crippen molar-refractivity contribution in [1.82, 2.24) is 9.78 Å². The van der Waals surface area contributed by atoms with Crippen molar-refractivity contribution in [2.75, 3.05) is 0 Å². The highest BCUT2D eigenvalue weighted by Crippen LogP contribution is 2.17. The second-order valence-electron chi connectivity index (χ2n) is 4.06. The Hall–Kier alpha value is -1.97. The minimum absolute atomic E-state index is 0.117. The number of hydrogen-bond acceptors (Lipinski definition) is 2. The quantitative estimate of drug-likeness (QED) is 0.745. The fourth-order valence-corrected chi connectivity index (χ4v) is 1.75. The molecular formula is C13H13FN2O. The van der Waals surface area contributed by atoms with Crippen LogP contribution in [0.15, 0.2) is 24.4 Å². The Morgan fingerprint density at radius 2 is 2.00 bits per heavy atom. The number of ketones is 1. The average Bonchev–Trinajstić information content (AvgIpc) is 2.59. The number of rotatable bonds is 2. The van der Waals surface area contributed by atoms with Crippen molar-refractivity contribution in [2.24, 2.45) is 7.05 Å². The van der Waals surface area contributed by atoms with Crippen molar-refractivity contribution in [3.63, 3.8) is 0 Å². The number of benzene rings is 1. The average molecular weight is 232 g/mol. The van der Waals surface area contributed by atoms with Crippen molar-refractivity contribution in [1.29, 1.82) is 0 Å². The summed E-state index contributed by atoms with van der Waals surface area (Å²) < 4.78 is 14.6. The Bertz CT molecular complexity index is 587. The van der Waals surface area contributed by atoms with Crippen LogP contribution in [-0.4, -0.2) is 15.6 Å². The van der Waals surface area contributed by atoms with Gasteiger partial charge in [-0.05, 0) is 37.6 Å². The predicted octanol–water partition coefficient (Wildman–Crippen LogP) is 2.41. The molecule has 0 bridgehead atoms. The molecule has 4 heteroatoms. The molecule has 3 nitrogen and oxygen atoms in total. The molecule has 1 heterocycles. The normalized spacial score (nSPS) is 10.6. The van der Waals surface area contributed by atoms with Gasteiger partial charge in [-0.25, -0.2) is 4.39 Å². The Balaban J connectivity index is 2.47. The fraction of sp³-hybridized carbons (Fsp3) is 0.231. The zero-order valence-corrected chi connectivity index (χ0v) is 9.99. The maximum Gasteiger partial charge on any atom is 0.196 e. The smallest absolute Gasteiger partial charge is 0.196 e. The number of aromatic nitrogens is 2. The van der Waals surface area contributed by atoms with Gasteiger partial charge in [0.05, 0.1) is 11.8 Å². The summed E-state index contributed by atoms with van der Waals surface area (Å²) in [5, 5.41) is 4.03. The molecule has 0 N–H and O–H groups in total. The van der Waals surface area contributed by atoms with E-state index in [0.29, 0.717) is 16.7 Å². The lowest BCUT2D eigenvalue weighted by Crippen LogP contribution is -2.05. The van der Waals surface area contributed by atoms with Crippen LogP contribution in [0, 0.1) is 19.7 Å². The molecule has 0 saturated carbocycles. The van der Waals surface area contributed by atoms with Gasteiger partial charge in [-0.15, -0.1) is 0 Å². The lowest BCUT2D eigenvalue weighted by molar-refractivity contribution is 0.103. The first kappa shape index (κ1) is 11.5. The number of hydrogen-bond donors (Lipinski definition) is 0. The van der Waals surface area contributed by atoms with Crippen LogP contribution in [0.2, 0.25) is 0 Å². The molecule has 2 aromatic rings. The third kappa shape index (κ3) is 1.98. The summed E-state index contributed by atoms with van der Waals surface area (Å²) in [6, 6.07) is 4.17. The van der Waals surface area contributed by atoms with Gasteiger partial charge in [-0.2, -0.15) is 5.10 Å². The van der Waals surface area contributed by atoms with Gasteiger partial charge < -0.3 is 0 Å². The van der Waals surface area contributed by atoms with Crippen LogP contribution in [0.4, 0.5) is 4.39 Å². The van der Waals surface area contributed by atoms with E-state index in [-0.39, 0.29) is 11.6 Å². The van der Waals surface area contributed by atoms with Crippen LogP contribution in [0.3, 0.4) is 0 Å². The first-order chi connectivity index (χ1) is 8.00. The van der Waals surface area contributed by atoms with Gasteiger partial charge in [0.1, 0.15) is 5.82 Å². The molecule has 1 aromatic heterocycles. The number of carbonyl (C=O) groups excluding carboxylic acids is 1. The van der Waals surface area contributed by atoms with Gasteiger partial charge in [0.25, 0.3) is 0 Å². The molecule has 0 amide bonds.